The van der Waals surface area contributed by atoms with Gasteiger partial charge in [0.15, 0.2) is 0 Å². The van der Waals surface area contributed by atoms with Crippen molar-refractivity contribution in [1.82, 2.24) is 10.3 Å². The summed E-state index contributed by atoms with van der Waals surface area (Å²) in [5.74, 6) is -2.51. The van der Waals surface area contributed by atoms with Gasteiger partial charge in [0.25, 0.3) is 0 Å². The third kappa shape index (κ3) is 8.78. The van der Waals surface area contributed by atoms with Gasteiger partial charge in [-0.15, -0.1) is 0 Å². The van der Waals surface area contributed by atoms with Gasteiger partial charge in [-0.1, -0.05) is 42.1 Å². The number of nitrogens with zero attached hydrogens (tertiary/aromatic N) is 1. The summed E-state index contributed by atoms with van der Waals surface area (Å²) in [4.78, 5) is 23.6. The van der Waals surface area contributed by atoms with E-state index in [1.165, 1.54) is 5.56 Å². The molecule has 0 amide bonds. The molecule has 0 saturated carbocycles. The first kappa shape index (κ1) is 23.1. The van der Waals surface area contributed by atoms with Gasteiger partial charge in [0.05, 0.1) is 23.0 Å². The van der Waals surface area contributed by atoms with E-state index in [9.17, 15) is 9.59 Å². The van der Waals surface area contributed by atoms with Crippen LogP contribution < -0.4 is 5.32 Å². The molecule has 3 N–H and O–H groups in total. The van der Waals surface area contributed by atoms with Crippen LogP contribution in [0.5, 0.6) is 0 Å². The fraction of sp³-hybridized carbons (Fsp3) is 0.250. The number of carbonyl (C=O) groups is 2. The Morgan fingerprint density at radius 3 is 2.38 bits per heavy atom. The molecule has 0 radical (unpaired) electrons. The molecule has 9 heteroatoms. The maximum atomic E-state index is 9.55. The first-order chi connectivity index (χ1) is 14.0. The molecule has 2 atom stereocenters. The van der Waals surface area contributed by atoms with E-state index < -0.39 is 11.9 Å². The molecule has 3 rings (SSSR count). The Morgan fingerprint density at radius 2 is 1.86 bits per heavy atom. The predicted molar refractivity (Wildman–Crippen MR) is 114 cm³/mol. The fourth-order valence-electron chi connectivity index (χ4n) is 2.49. The maximum Gasteiger partial charge on any atom is 0.328 e. The molecule has 0 unspecified atom stereocenters. The third-order valence-corrected chi connectivity index (χ3v) is 5.52. The Labute approximate surface area is 181 Å². The zero-order chi connectivity index (χ0) is 21.1. The summed E-state index contributed by atoms with van der Waals surface area (Å²) in [7, 11) is 0. The highest BCUT2D eigenvalue weighted by atomic mass is 79.9. The lowest BCUT2D eigenvalue weighted by atomic mass is 10.1. The summed E-state index contributed by atoms with van der Waals surface area (Å²) in [6.07, 6.45) is 3.12. The van der Waals surface area contributed by atoms with Crippen LogP contribution in [-0.2, 0) is 14.3 Å². The molecule has 2 heterocycles. The van der Waals surface area contributed by atoms with Gasteiger partial charge in [0.2, 0.25) is 0 Å². The Balaban J connectivity index is 0.000000321. The first-order valence-corrected chi connectivity index (χ1v) is 10.4. The lowest BCUT2D eigenvalue weighted by molar-refractivity contribution is -0.134. The minimum Gasteiger partial charge on any atom is -0.478 e. The number of rotatable bonds is 6. The second-order valence-corrected chi connectivity index (χ2v) is 7.96. The Hall–Kier alpha value is -2.20. The minimum absolute atomic E-state index is 0.164. The zero-order valence-corrected chi connectivity index (χ0v) is 17.8. The number of benzene rings is 1. The van der Waals surface area contributed by atoms with E-state index in [2.05, 4.69) is 50.5 Å². The van der Waals surface area contributed by atoms with Gasteiger partial charge in [-0.05, 0) is 33.6 Å². The average molecular weight is 481 g/mol. The zero-order valence-electron chi connectivity index (χ0n) is 15.4. The number of hydrogen-bond donors (Lipinski definition) is 3. The van der Waals surface area contributed by atoms with Crippen LogP contribution in [0.15, 0.2) is 70.3 Å². The number of pyridine rings is 1. The number of morpholine rings is 1. The molecule has 1 aromatic heterocycles. The quantitative estimate of drug-likeness (QED) is 0.426. The Kier molecular flexibility index (Phi) is 9.85. The number of thioether (sulfide) groups is 1. The SMILES string of the molecule is Brc1ccc(S[C@@H](c2ccccc2)[C@@H]2CNCCO2)nc1.O=C(O)/C=C/C(=O)O. The molecule has 1 saturated heterocycles. The fourth-order valence-corrected chi connectivity index (χ4v) is 3.86. The van der Waals surface area contributed by atoms with Crippen molar-refractivity contribution in [2.75, 3.05) is 19.7 Å². The molecule has 2 aromatic rings. The van der Waals surface area contributed by atoms with E-state index in [0.29, 0.717) is 12.2 Å². The standard InChI is InChI=1S/C16H17BrN2OS.C4H4O4/c17-13-6-7-15(19-10-13)21-16(12-4-2-1-3-5-12)14-11-18-8-9-20-14;5-3(6)1-2-4(7)8/h1-7,10,14,16,18H,8-9,11H2;1-2H,(H,5,6)(H,7,8)/b;2-1+/t14-,16-;/m0./s1. The van der Waals surface area contributed by atoms with E-state index in [1.54, 1.807) is 11.8 Å². The second kappa shape index (κ2) is 12.4. The summed E-state index contributed by atoms with van der Waals surface area (Å²) in [6.45, 7) is 2.57. The molecule has 1 fully saturated rings. The van der Waals surface area contributed by atoms with Gasteiger partial charge in [0, 0.05) is 35.9 Å². The highest BCUT2D eigenvalue weighted by molar-refractivity contribution is 9.10. The molecule has 154 valence electrons. The average Bonchev–Trinajstić information content (AvgIpc) is 2.73. The lowest BCUT2D eigenvalue weighted by Crippen LogP contribution is -2.41. The molecule has 0 aliphatic carbocycles. The summed E-state index contributed by atoms with van der Waals surface area (Å²) in [5.41, 5.74) is 1.28. The molecule has 0 bridgehead atoms. The smallest absolute Gasteiger partial charge is 0.328 e. The maximum absolute atomic E-state index is 9.55. The topological polar surface area (TPSA) is 109 Å². The van der Waals surface area contributed by atoms with Gasteiger partial charge in [-0.25, -0.2) is 14.6 Å². The van der Waals surface area contributed by atoms with Crippen molar-refractivity contribution in [3.63, 3.8) is 0 Å². The number of carboxylic acid groups (broad SMARTS) is 2. The van der Waals surface area contributed by atoms with Crippen LogP contribution in [0.3, 0.4) is 0 Å². The number of aliphatic carboxylic acids is 2. The van der Waals surface area contributed by atoms with Crippen molar-refractivity contribution < 1.29 is 24.5 Å². The van der Waals surface area contributed by atoms with Crippen LogP contribution >= 0.6 is 27.7 Å². The van der Waals surface area contributed by atoms with E-state index in [1.807, 2.05) is 24.4 Å². The van der Waals surface area contributed by atoms with Crippen molar-refractivity contribution in [2.45, 2.75) is 16.4 Å². The van der Waals surface area contributed by atoms with Crippen LogP contribution in [0.2, 0.25) is 0 Å². The Morgan fingerprint density at radius 1 is 1.17 bits per heavy atom. The summed E-state index contributed by atoms with van der Waals surface area (Å²) in [5, 5.41) is 20.3. The molecular weight excluding hydrogens is 460 g/mol. The molecule has 1 aliphatic rings. The first-order valence-electron chi connectivity index (χ1n) is 8.75. The molecule has 1 aliphatic heterocycles. The van der Waals surface area contributed by atoms with Gasteiger partial charge < -0.3 is 20.3 Å². The van der Waals surface area contributed by atoms with Gasteiger partial charge in [-0.2, -0.15) is 0 Å². The number of ether oxygens (including phenoxy) is 1. The monoisotopic (exact) mass is 480 g/mol. The summed E-state index contributed by atoms with van der Waals surface area (Å²) in [6, 6.07) is 14.6. The highest BCUT2D eigenvalue weighted by Gasteiger charge is 2.27. The largest absolute Gasteiger partial charge is 0.478 e. The molecule has 1 aromatic carbocycles. The van der Waals surface area contributed by atoms with E-state index >= 15 is 0 Å². The van der Waals surface area contributed by atoms with Crippen molar-refractivity contribution >= 4 is 39.6 Å². The highest BCUT2D eigenvalue weighted by Crippen LogP contribution is 2.38. The van der Waals surface area contributed by atoms with E-state index in [0.717, 1.165) is 29.2 Å². The van der Waals surface area contributed by atoms with Crippen LogP contribution in [0.25, 0.3) is 0 Å². The van der Waals surface area contributed by atoms with Gasteiger partial charge >= 0.3 is 11.9 Å². The van der Waals surface area contributed by atoms with Crippen molar-refractivity contribution in [2.24, 2.45) is 0 Å². The number of carboxylic acids is 2. The van der Waals surface area contributed by atoms with Crippen molar-refractivity contribution in [3.05, 3.63) is 70.8 Å². The van der Waals surface area contributed by atoms with Crippen LogP contribution in [0.1, 0.15) is 10.8 Å². The number of halogens is 1. The normalized spacial score (nSPS) is 17.2. The second-order valence-electron chi connectivity index (χ2n) is 5.89. The van der Waals surface area contributed by atoms with Crippen LogP contribution in [-0.4, -0.2) is 52.9 Å². The molecular formula is C20H21BrN2O5S. The van der Waals surface area contributed by atoms with Crippen LogP contribution in [0, 0.1) is 0 Å². The Bertz CT molecular complexity index is 795. The minimum atomic E-state index is -1.26. The third-order valence-electron chi connectivity index (χ3n) is 3.74. The van der Waals surface area contributed by atoms with Gasteiger partial charge in [0.1, 0.15) is 0 Å². The van der Waals surface area contributed by atoms with E-state index in [-0.39, 0.29) is 11.4 Å². The van der Waals surface area contributed by atoms with Gasteiger partial charge in [-0.3, -0.25) is 0 Å². The van der Waals surface area contributed by atoms with Crippen LogP contribution in [0.4, 0.5) is 0 Å². The molecule has 0 spiro atoms. The predicted octanol–water partition coefficient (Wildman–Crippen LogP) is 3.38. The lowest BCUT2D eigenvalue weighted by Gasteiger charge is -2.30. The van der Waals surface area contributed by atoms with E-state index in [4.69, 9.17) is 14.9 Å². The molecule has 7 nitrogen and oxygen atoms in total. The molecule has 29 heavy (non-hydrogen) atoms. The number of aromatic nitrogens is 1. The van der Waals surface area contributed by atoms with Crippen molar-refractivity contribution in [3.8, 4) is 0 Å². The number of hydrogen-bond acceptors (Lipinski definition) is 6. The summed E-state index contributed by atoms with van der Waals surface area (Å²) < 4.78 is 6.97. The summed E-state index contributed by atoms with van der Waals surface area (Å²) >= 11 is 5.19. The number of nitrogens with one attached hydrogen (secondary N) is 1. The van der Waals surface area contributed by atoms with Crippen molar-refractivity contribution in [1.29, 1.82) is 0 Å².